The minimum Gasteiger partial charge on any atom is -0.457 e. The van der Waals surface area contributed by atoms with Crippen LogP contribution < -0.4 is 0 Å². The fourth-order valence-corrected chi connectivity index (χ4v) is 9.64. The van der Waals surface area contributed by atoms with Crippen LogP contribution in [0.1, 0.15) is 108 Å². The highest BCUT2D eigenvalue weighted by molar-refractivity contribution is 6.76. The van der Waals surface area contributed by atoms with Gasteiger partial charge in [-0.05, 0) is 42.6 Å². The predicted octanol–water partition coefficient (Wildman–Crippen LogP) is 9.17. The molecule has 0 saturated carbocycles. The highest BCUT2D eigenvalue weighted by atomic mass is 35.6. The molecule has 4 aliphatic rings. The van der Waals surface area contributed by atoms with Crippen LogP contribution in [0, 0.1) is 46.8 Å². The Balaban J connectivity index is 1.54. The first kappa shape index (κ1) is 53.1. The van der Waals surface area contributed by atoms with Crippen molar-refractivity contribution in [2.24, 2.45) is 41.4 Å². The van der Waals surface area contributed by atoms with Gasteiger partial charge < -0.3 is 52.1 Å². The highest BCUT2D eigenvalue weighted by Crippen LogP contribution is 2.43. The number of rotatable bonds is 16. The highest BCUT2D eigenvalue weighted by Gasteiger charge is 2.54. The van der Waals surface area contributed by atoms with E-state index in [2.05, 4.69) is 34.6 Å². The molecule has 4 fully saturated rings. The molecule has 4 aliphatic heterocycles. The standard InChI is InChI=1S/C47H72Cl3NO13/c1-13-33-23(4)25(6)39(56-30(11)52)43(58-33)55-22-36-29(10)38(63-44-40(57-31(12)53)26(7)24(5)34(14-2)59-44)41(54-21-32-19-17-16-18-20-32)45(61-36)62-37-27(8)28(9)42(60-35(37)15-3)64-46(51)47(48,49)50/h16-20,23-29,33-45,51H,13-15,21-22H2,1-12H3/t23-,24-,25-,26?,27+,28?,29+,33?,34-,35?,36?,37-,38-,39?,40?,41?,42-,43-,44+,45-/m0/s1. The van der Waals surface area contributed by atoms with Crippen LogP contribution in [-0.4, -0.2) is 108 Å². The van der Waals surface area contributed by atoms with E-state index in [1.54, 1.807) is 0 Å². The Kier molecular flexibility index (Phi) is 19.5. The van der Waals surface area contributed by atoms with E-state index in [1.165, 1.54) is 13.8 Å². The van der Waals surface area contributed by atoms with Crippen molar-refractivity contribution >= 4 is 52.6 Å². The van der Waals surface area contributed by atoms with E-state index in [0.29, 0.717) is 6.42 Å². The largest absolute Gasteiger partial charge is 0.457 e. The Hall–Kier alpha value is -1.82. The van der Waals surface area contributed by atoms with Crippen molar-refractivity contribution in [2.75, 3.05) is 6.61 Å². The van der Waals surface area contributed by atoms with Gasteiger partial charge in [0.1, 0.15) is 6.10 Å². The molecule has 4 heterocycles. The molecular weight excluding hydrogens is 893 g/mol. The summed E-state index contributed by atoms with van der Waals surface area (Å²) in [5, 5.41) is 8.26. The van der Waals surface area contributed by atoms with Gasteiger partial charge in [0.25, 0.3) is 3.79 Å². The van der Waals surface area contributed by atoms with Gasteiger partial charge in [-0.25, -0.2) is 0 Å². The SMILES string of the molecule is CCC1O[C@H](OCC2O[C@@H](O[C@@H]3C(CC)O[C@@H](OC(=N)C(Cl)(Cl)Cl)C(C)[C@H]3C)C(OCc3ccccc3)[C@@H](O[C@H]3O[C@@H](CC)[C@@H](C)C(C)C3OC(C)=O)[C@@H]2C)C(OC(C)=O)[C@@H](C)[C@@H]1C. The van der Waals surface area contributed by atoms with Crippen molar-refractivity contribution < 1.29 is 61.7 Å². The van der Waals surface area contributed by atoms with Crippen molar-refractivity contribution in [1.82, 2.24) is 0 Å². The molecule has 1 aromatic carbocycles. The smallest absolute Gasteiger partial charge is 0.303 e. The molecule has 0 bridgehead atoms. The van der Waals surface area contributed by atoms with E-state index >= 15 is 0 Å². The van der Waals surface area contributed by atoms with Gasteiger partial charge >= 0.3 is 11.9 Å². The Labute approximate surface area is 395 Å². The summed E-state index contributed by atoms with van der Waals surface area (Å²) in [6.45, 7) is 23.3. The second kappa shape index (κ2) is 23.5. The summed E-state index contributed by atoms with van der Waals surface area (Å²) in [6.07, 6.45) is -6.90. The summed E-state index contributed by atoms with van der Waals surface area (Å²) in [5.41, 5.74) is 0.920. The molecule has 0 aliphatic carbocycles. The topological polar surface area (TPSA) is 160 Å². The number of nitrogens with one attached hydrogen (secondary N) is 1. The monoisotopic (exact) mass is 963 g/mol. The Morgan fingerprint density at radius 1 is 0.547 bits per heavy atom. The second-order valence-corrected chi connectivity index (χ2v) is 20.6. The lowest BCUT2D eigenvalue weighted by atomic mass is 9.82. The lowest BCUT2D eigenvalue weighted by molar-refractivity contribution is -0.372. The number of alkyl halides is 3. The average Bonchev–Trinajstić information content (AvgIpc) is 3.25. The normalized spacial score (nSPS) is 40.6. The molecule has 0 amide bonds. The van der Waals surface area contributed by atoms with Crippen molar-refractivity contribution in [3.63, 3.8) is 0 Å². The van der Waals surface area contributed by atoms with Crippen LogP contribution in [0.2, 0.25) is 0 Å². The van der Waals surface area contributed by atoms with Gasteiger partial charge in [0.05, 0.1) is 49.8 Å². The van der Waals surface area contributed by atoms with Crippen LogP contribution in [0.3, 0.4) is 0 Å². The van der Waals surface area contributed by atoms with Gasteiger partial charge in [0.2, 0.25) is 12.2 Å². The minimum absolute atomic E-state index is 0.00949. The van der Waals surface area contributed by atoms with Gasteiger partial charge in [0.15, 0.2) is 31.1 Å². The van der Waals surface area contributed by atoms with Crippen molar-refractivity contribution in [1.29, 1.82) is 5.41 Å². The first-order valence-corrected chi connectivity index (χ1v) is 24.2. The molecule has 0 aromatic heterocycles. The van der Waals surface area contributed by atoms with Crippen molar-refractivity contribution in [3.05, 3.63) is 35.9 Å². The van der Waals surface area contributed by atoms with Crippen LogP contribution >= 0.6 is 34.8 Å². The minimum atomic E-state index is -2.07. The lowest BCUT2D eigenvalue weighted by Gasteiger charge is -2.51. The van der Waals surface area contributed by atoms with E-state index < -0.39 is 95.4 Å². The fourth-order valence-electron chi connectivity index (χ4n) is 9.51. The Morgan fingerprint density at radius 2 is 1.02 bits per heavy atom. The number of esters is 2. The Morgan fingerprint density at radius 3 is 1.55 bits per heavy atom. The van der Waals surface area contributed by atoms with Crippen LogP contribution in [-0.2, 0) is 68.3 Å². The van der Waals surface area contributed by atoms with E-state index in [0.717, 1.165) is 18.4 Å². The maximum Gasteiger partial charge on any atom is 0.303 e. The summed E-state index contributed by atoms with van der Waals surface area (Å²) in [5.74, 6) is -2.36. The molecule has 0 spiro atoms. The summed E-state index contributed by atoms with van der Waals surface area (Å²) in [6, 6.07) is 9.77. The van der Waals surface area contributed by atoms with Crippen molar-refractivity contribution in [3.8, 4) is 0 Å². The molecule has 0 radical (unpaired) electrons. The van der Waals surface area contributed by atoms with Gasteiger partial charge in [-0.15, -0.1) is 0 Å². The molecule has 17 heteroatoms. The molecule has 1 N–H and O–H groups in total. The molecule has 1 aromatic rings. The third-order valence-electron chi connectivity index (χ3n) is 14.1. The molecule has 8 unspecified atom stereocenters. The maximum atomic E-state index is 12.6. The number of hydrogen-bond donors (Lipinski definition) is 1. The summed E-state index contributed by atoms with van der Waals surface area (Å²) < 4.78 is 69.9. The quantitative estimate of drug-likeness (QED) is 0.0724. The van der Waals surface area contributed by atoms with E-state index in [9.17, 15) is 9.59 Å². The third-order valence-corrected chi connectivity index (χ3v) is 14.6. The summed E-state index contributed by atoms with van der Waals surface area (Å²) in [4.78, 5) is 25.0. The van der Waals surface area contributed by atoms with Crippen LogP contribution in [0.25, 0.3) is 0 Å². The molecule has 64 heavy (non-hydrogen) atoms. The molecule has 364 valence electrons. The number of carbonyl (C=O) groups excluding carboxylic acids is 2. The zero-order valence-electron chi connectivity index (χ0n) is 39.4. The first-order chi connectivity index (χ1) is 30.2. The van der Waals surface area contributed by atoms with Crippen LogP contribution in [0.15, 0.2) is 30.3 Å². The lowest BCUT2D eigenvalue weighted by Crippen LogP contribution is -2.63. The molecule has 4 saturated heterocycles. The first-order valence-electron chi connectivity index (χ1n) is 23.1. The summed E-state index contributed by atoms with van der Waals surface area (Å²) in [7, 11) is 0. The number of carbonyl (C=O) groups is 2. The number of ether oxygens (including phenoxy) is 11. The number of benzene rings is 1. The van der Waals surface area contributed by atoms with Gasteiger partial charge in [-0.2, -0.15) is 0 Å². The van der Waals surface area contributed by atoms with E-state index in [4.69, 9.17) is 92.3 Å². The molecule has 14 nitrogen and oxygen atoms in total. The van der Waals surface area contributed by atoms with Gasteiger partial charge in [-0.1, -0.05) is 134 Å². The van der Waals surface area contributed by atoms with E-state index in [-0.39, 0.29) is 60.9 Å². The number of halogens is 3. The second-order valence-electron chi connectivity index (χ2n) is 18.3. The Bertz CT molecular complexity index is 1650. The van der Waals surface area contributed by atoms with Gasteiger partial charge in [0, 0.05) is 37.5 Å². The number of hydrogen-bond acceptors (Lipinski definition) is 14. The zero-order valence-corrected chi connectivity index (χ0v) is 41.7. The summed E-state index contributed by atoms with van der Waals surface area (Å²) >= 11 is 18.0. The van der Waals surface area contributed by atoms with E-state index in [1.807, 2.05) is 65.0 Å². The molecule has 20 atom stereocenters. The fraction of sp³-hybridized carbons (Fsp3) is 0.809. The van der Waals surface area contributed by atoms with Crippen LogP contribution in [0.5, 0.6) is 0 Å². The maximum absolute atomic E-state index is 12.6. The predicted molar refractivity (Wildman–Crippen MR) is 241 cm³/mol. The third kappa shape index (κ3) is 12.8. The van der Waals surface area contributed by atoms with Crippen molar-refractivity contribution in [2.45, 2.75) is 193 Å². The van der Waals surface area contributed by atoms with Crippen LogP contribution in [0.4, 0.5) is 0 Å². The zero-order chi connectivity index (χ0) is 47.2. The van der Waals surface area contributed by atoms with Gasteiger partial charge in [-0.3, -0.25) is 15.0 Å². The molecule has 5 rings (SSSR count). The average molecular weight is 965 g/mol. The molecular formula is C47H72Cl3NO13.